The van der Waals surface area contributed by atoms with Gasteiger partial charge in [-0.1, -0.05) is 45.9 Å². The van der Waals surface area contributed by atoms with Crippen LogP contribution in [-0.4, -0.2) is 68.7 Å². The topological polar surface area (TPSA) is 182 Å². The summed E-state index contributed by atoms with van der Waals surface area (Å²) >= 11 is 0. The maximum absolute atomic E-state index is 13.9. The van der Waals surface area contributed by atoms with Gasteiger partial charge in [-0.15, -0.1) is 0 Å². The van der Waals surface area contributed by atoms with Crippen molar-refractivity contribution >= 4 is 30.8 Å². The van der Waals surface area contributed by atoms with Gasteiger partial charge >= 0.3 is 13.7 Å². The molecule has 1 fully saturated rings. The maximum Gasteiger partial charge on any atom is 0.459 e. The third-order valence-corrected chi connectivity index (χ3v) is 8.02. The summed E-state index contributed by atoms with van der Waals surface area (Å²) in [5.74, 6) is -0.564. The zero-order valence-electron chi connectivity index (χ0n) is 24.6. The number of aliphatic hydroxyl groups excluding tert-OH is 1. The molecule has 14 nitrogen and oxygen atoms in total. The molecule has 1 aromatic carbocycles. The number of nitrogens with one attached hydrogen (secondary N) is 1. The predicted molar refractivity (Wildman–Crippen MR) is 154 cm³/mol. The Hall–Kier alpha value is -3.29. The van der Waals surface area contributed by atoms with E-state index in [0.717, 1.165) is 0 Å². The minimum absolute atomic E-state index is 0.000924. The number of esters is 1. The number of nitrogens with two attached hydrogens (primary N) is 1. The van der Waals surface area contributed by atoms with E-state index in [9.17, 15) is 14.5 Å². The first kappa shape index (κ1) is 31.6. The van der Waals surface area contributed by atoms with E-state index in [-0.39, 0.29) is 36.2 Å². The van der Waals surface area contributed by atoms with Crippen molar-refractivity contribution < 1.29 is 37.7 Å². The van der Waals surface area contributed by atoms with Crippen LogP contribution in [0.3, 0.4) is 0 Å². The van der Waals surface area contributed by atoms with Gasteiger partial charge < -0.3 is 29.6 Å². The number of nitrogen functional groups attached to an aromatic ring is 1. The van der Waals surface area contributed by atoms with Gasteiger partial charge in [0.05, 0.1) is 32.3 Å². The molecule has 0 bridgehead atoms. The summed E-state index contributed by atoms with van der Waals surface area (Å²) in [6.45, 7) is 11.1. The van der Waals surface area contributed by atoms with E-state index in [4.69, 9.17) is 29.0 Å². The largest absolute Gasteiger partial charge is 0.476 e. The molecular weight excluding hydrogens is 567 g/mol. The predicted octanol–water partition coefficient (Wildman–Crippen LogP) is 3.47. The summed E-state index contributed by atoms with van der Waals surface area (Å²) in [7, 11) is -4.17. The number of ether oxygens (including phenoxy) is 3. The van der Waals surface area contributed by atoms with Crippen LogP contribution >= 0.6 is 7.75 Å². The lowest BCUT2D eigenvalue weighted by Gasteiger charge is -2.25. The van der Waals surface area contributed by atoms with Crippen LogP contribution in [0.4, 0.5) is 5.95 Å². The van der Waals surface area contributed by atoms with Crippen molar-refractivity contribution in [3.05, 3.63) is 36.7 Å². The third kappa shape index (κ3) is 7.56. The molecule has 0 radical (unpaired) electrons. The first-order chi connectivity index (χ1) is 19.8. The maximum atomic E-state index is 13.9. The molecule has 0 saturated carbocycles. The van der Waals surface area contributed by atoms with Crippen molar-refractivity contribution in [1.82, 2.24) is 24.6 Å². The number of nitrogens with zero attached hydrogens (tertiary/aromatic N) is 4. The fourth-order valence-electron chi connectivity index (χ4n) is 4.26. The Labute approximate surface area is 244 Å². The molecule has 4 rings (SSSR count). The Morgan fingerprint density at radius 3 is 2.64 bits per heavy atom. The number of hydrogen-bond acceptors (Lipinski definition) is 12. The van der Waals surface area contributed by atoms with Crippen LogP contribution in [0.15, 0.2) is 36.7 Å². The van der Waals surface area contributed by atoms with Crippen molar-refractivity contribution in [2.24, 2.45) is 11.3 Å². The van der Waals surface area contributed by atoms with E-state index in [1.807, 2.05) is 27.7 Å². The summed E-state index contributed by atoms with van der Waals surface area (Å²) in [4.78, 5) is 25.4. The quantitative estimate of drug-likeness (QED) is 0.201. The van der Waals surface area contributed by atoms with Gasteiger partial charge in [-0.05, 0) is 31.4 Å². The van der Waals surface area contributed by atoms with Crippen LogP contribution < -0.4 is 20.1 Å². The number of rotatable bonds is 12. The standard InChI is InChI=1S/C27H39N6O8P/c1-7-37-23-20-22(30-26(28)31-23)33(15-29-20)24-16(2)21(34)19(40-24)13-39-42(36,41-18-11-9-8-10-12-18)32-17(3)25(35)38-14-27(4,5)6/h8-12,15-17,19,21,24,34H,7,13-14H2,1-6H3,(H,32,36)(H2,28,30,31). The first-order valence-electron chi connectivity index (χ1n) is 13.7. The number of imidazole rings is 1. The number of fused-ring (bicyclic) bond motifs is 1. The van der Waals surface area contributed by atoms with Crippen LogP contribution in [0.1, 0.15) is 47.8 Å². The molecule has 0 aliphatic carbocycles. The van der Waals surface area contributed by atoms with Crippen molar-refractivity contribution in [2.75, 3.05) is 25.6 Å². The molecule has 3 heterocycles. The van der Waals surface area contributed by atoms with Gasteiger partial charge in [0.2, 0.25) is 11.8 Å². The number of aromatic nitrogens is 4. The molecule has 0 amide bonds. The lowest BCUT2D eigenvalue weighted by atomic mass is 9.99. The number of hydrogen-bond donors (Lipinski definition) is 3. The number of carbonyl (C=O) groups is 1. The lowest BCUT2D eigenvalue weighted by molar-refractivity contribution is -0.148. The molecule has 4 N–H and O–H groups in total. The molecule has 2 aromatic heterocycles. The molecule has 230 valence electrons. The zero-order valence-corrected chi connectivity index (χ0v) is 25.5. The number of carbonyl (C=O) groups excluding carboxylic acids is 1. The number of anilines is 1. The van der Waals surface area contributed by atoms with Crippen molar-refractivity contribution in [2.45, 2.75) is 66.0 Å². The number of aliphatic hydroxyl groups is 1. The monoisotopic (exact) mass is 606 g/mol. The second-order valence-corrected chi connectivity index (χ2v) is 13.0. The van der Waals surface area contributed by atoms with Crippen LogP contribution in [0.5, 0.6) is 11.6 Å². The molecular formula is C27H39N6O8P. The molecule has 42 heavy (non-hydrogen) atoms. The third-order valence-electron chi connectivity index (χ3n) is 6.38. The minimum atomic E-state index is -4.17. The Bertz CT molecular complexity index is 1410. The van der Waals surface area contributed by atoms with Crippen molar-refractivity contribution in [1.29, 1.82) is 0 Å². The van der Waals surface area contributed by atoms with Gasteiger partial charge in [-0.25, -0.2) is 9.55 Å². The first-order valence-corrected chi connectivity index (χ1v) is 15.2. The van der Waals surface area contributed by atoms with E-state index in [2.05, 4.69) is 20.0 Å². The average Bonchev–Trinajstić information content (AvgIpc) is 3.46. The Balaban J connectivity index is 1.51. The van der Waals surface area contributed by atoms with E-state index < -0.39 is 44.1 Å². The number of para-hydroxylation sites is 1. The second-order valence-electron chi connectivity index (χ2n) is 11.3. The zero-order chi connectivity index (χ0) is 30.7. The normalized spacial score (nSPS) is 22.9. The highest BCUT2D eigenvalue weighted by Gasteiger charge is 2.44. The van der Waals surface area contributed by atoms with Crippen LogP contribution in [0.25, 0.3) is 11.2 Å². The molecule has 0 spiro atoms. The summed E-state index contributed by atoms with van der Waals surface area (Å²) in [6.07, 6.45) is -1.13. The highest BCUT2D eigenvalue weighted by molar-refractivity contribution is 7.52. The van der Waals surface area contributed by atoms with Crippen molar-refractivity contribution in [3.63, 3.8) is 0 Å². The van der Waals surface area contributed by atoms with Gasteiger partial charge in [-0.2, -0.15) is 15.1 Å². The molecule has 15 heteroatoms. The van der Waals surface area contributed by atoms with Crippen LogP contribution in [-0.2, 0) is 23.4 Å². The highest BCUT2D eigenvalue weighted by Crippen LogP contribution is 2.46. The van der Waals surface area contributed by atoms with Gasteiger partial charge in [0.1, 0.15) is 24.1 Å². The number of benzene rings is 1. The molecule has 1 aliphatic rings. The minimum Gasteiger partial charge on any atom is -0.476 e. The lowest BCUT2D eigenvalue weighted by Crippen LogP contribution is -2.37. The molecule has 3 aromatic rings. The van der Waals surface area contributed by atoms with Gasteiger partial charge in [0, 0.05) is 5.92 Å². The fourth-order valence-corrected chi connectivity index (χ4v) is 5.76. The summed E-state index contributed by atoms with van der Waals surface area (Å²) in [5.41, 5.74) is 6.42. The fraction of sp³-hybridized carbons (Fsp3) is 0.556. The van der Waals surface area contributed by atoms with Gasteiger partial charge in [-0.3, -0.25) is 13.9 Å². The van der Waals surface area contributed by atoms with E-state index >= 15 is 0 Å². The molecule has 6 atom stereocenters. The average molecular weight is 607 g/mol. The molecule has 6 unspecified atom stereocenters. The smallest absolute Gasteiger partial charge is 0.459 e. The Morgan fingerprint density at radius 2 is 1.98 bits per heavy atom. The SMILES string of the molecule is CCOc1nc(N)nc2c1ncn2C1OC(COP(=O)(NC(C)C(=O)OCC(C)(C)C)Oc2ccccc2)C(O)C1C. The highest BCUT2D eigenvalue weighted by atomic mass is 31.2. The van der Waals surface area contributed by atoms with E-state index in [0.29, 0.717) is 17.8 Å². The van der Waals surface area contributed by atoms with E-state index in [1.54, 1.807) is 41.8 Å². The van der Waals surface area contributed by atoms with E-state index in [1.165, 1.54) is 13.3 Å². The van der Waals surface area contributed by atoms with Gasteiger partial charge in [0.25, 0.3) is 0 Å². The Morgan fingerprint density at radius 1 is 1.26 bits per heavy atom. The second kappa shape index (κ2) is 12.9. The molecule has 1 aliphatic heterocycles. The van der Waals surface area contributed by atoms with Crippen LogP contribution in [0.2, 0.25) is 0 Å². The summed E-state index contributed by atoms with van der Waals surface area (Å²) in [6, 6.07) is 7.38. The molecule has 1 saturated heterocycles. The Kier molecular flexibility index (Phi) is 9.74. The van der Waals surface area contributed by atoms with Crippen molar-refractivity contribution in [3.8, 4) is 11.6 Å². The van der Waals surface area contributed by atoms with Crippen LogP contribution in [0, 0.1) is 11.3 Å². The summed E-state index contributed by atoms with van der Waals surface area (Å²) in [5, 5.41) is 13.7. The van der Waals surface area contributed by atoms with Gasteiger partial charge in [0.15, 0.2) is 11.2 Å². The summed E-state index contributed by atoms with van der Waals surface area (Å²) < 4.78 is 44.1.